The summed E-state index contributed by atoms with van der Waals surface area (Å²) < 4.78 is 2.09. The minimum atomic E-state index is 0.500. The maximum atomic E-state index is 4.08. The van der Waals surface area contributed by atoms with Crippen LogP contribution in [0.5, 0.6) is 0 Å². The molecule has 2 aromatic rings. The maximum absolute atomic E-state index is 4.08. The van der Waals surface area contributed by atoms with Gasteiger partial charge >= 0.3 is 0 Å². The van der Waals surface area contributed by atoms with E-state index in [2.05, 4.69) is 53.0 Å². The average Bonchev–Trinajstić information content (AvgIpc) is 2.95. The molecule has 0 aliphatic heterocycles. The van der Waals surface area contributed by atoms with E-state index in [0.29, 0.717) is 11.5 Å². The fraction of sp³-hybridized carbons (Fsp3) is 0.438. The molecule has 3 nitrogen and oxygen atoms in total. The molecule has 1 heterocycles. The lowest BCUT2D eigenvalue weighted by Gasteiger charge is -2.22. The molecule has 0 amide bonds. The van der Waals surface area contributed by atoms with Gasteiger partial charge in [0.1, 0.15) is 0 Å². The summed E-state index contributed by atoms with van der Waals surface area (Å²) in [6.07, 6.45) is 8.35. The van der Waals surface area contributed by atoms with Gasteiger partial charge in [-0.1, -0.05) is 19.1 Å². The summed E-state index contributed by atoms with van der Waals surface area (Å²) >= 11 is 0. The Morgan fingerprint density at radius 1 is 1.42 bits per heavy atom. The Morgan fingerprint density at radius 2 is 2.26 bits per heavy atom. The Bertz CT molecular complexity index is 541. The highest BCUT2D eigenvalue weighted by Crippen LogP contribution is 2.48. The second kappa shape index (κ2) is 4.72. The van der Waals surface area contributed by atoms with E-state index >= 15 is 0 Å². The Hall–Kier alpha value is -1.77. The number of benzene rings is 1. The molecule has 1 saturated carbocycles. The van der Waals surface area contributed by atoms with Gasteiger partial charge in [-0.05, 0) is 42.9 Å². The van der Waals surface area contributed by atoms with E-state index in [1.54, 1.807) is 0 Å². The molecule has 3 heteroatoms. The summed E-state index contributed by atoms with van der Waals surface area (Å²) in [5.41, 5.74) is 3.02. The summed E-state index contributed by atoms with van der Waals surface area (Å²) in [6.45, 7) is 5.52. The van der Waals surface area contributed by atoms with Gasteiger partial charge in [-0.3, -0.25) is 0 Å². The van der Waals surface area contributed by atoms with Crippen LogP contribution in [0.3, 0.4) is 0 Å². The number of nitrogens with one attached hydrogen (secondary N) is 1. The highest BCUT2D eigenvalue weighted by Gasteiger charge is 2.42. The van der Waals surface area contributed by atoms with Gasteiger partial charge < -0.3 is 9.88 Å². The lowest BCUT2D eigenvalue weighted by atomic mass is 10.0. The van der Waals surface area contributed by atoms with Crippen LogP contribution in [0, 0.1) is 5.41 Å². The number of imidazole rings is 1. The molecule has 3 rings (SSSR count). The van der Waals surface area contributed by atoms with Crippen LogP contribution < -0.4 is 5.32 Å². The number of hydrogen-bond acceptors (Lipinski definition) is 2. The van der Waals surface area contributed by atoms with Crippen molar-refractivity contribution in [3.63, 3.8) is 0 Å². The molecule has 1 aliphatic rings. The smallest absolute Gasteiger partial charge is 0.0949 e. The number of nitrogens with zero attached hydrogens (tertiary/aromatic N) is 2. The molecular weight excluding hydrogens is 234 g/mol. The lowest BCUT2D eigenvalue weighted by molar-refractivity contribution is 0.493. The number of aromatic nitrogens is 2. The van der Waals surface area contributed by atoms with Crippen LogP contribution in [0.1, 0.15) is 32.3 Å². The standard InChI is InChI=1S/C16H21N3/c1-13(16(2)6-7-16)18-15-5-3-4-14(10-15)11-19-9-8-17-12-19/h3-5,8-10,12-13,18H,6-7,11H2,1-2H3. The molecule has 0 spiro atoms. The monoisotopic (exact) mass is 255 g/mol. The van der Waals surface area contributed by atoms with E-state index in [4.69, 9.17) is 0 Å². The van der Waals surface area contributed by atoms with Gasteiger partial charge in [0.05, 0.1) is 6.33 Å². The van der Waals surface area contributed by atoms with Crippen molar-refractivity contribution in [1.29, 1.82) is 0 Å². The number of anilines is 1. The van der Waals surface area contributed by atoms with Gasteiger partial charge in [0.2, 0.25) is 0 Å². The molecule has 1 aliphatic carbocycles. The SMILES string of the molecule is CC(Nc1cccc(Cn2ccnc2)c1)C1(C)CC1. The average molecular weight is 255 g/mol. The van der Waals surface area contributed by atoms with E-state index in [1.165, 1.54) is 24.1 Å². The van der Waals surface area contributed by atoms with Crippen molar-refractivity contribution in [2.45, 2.75) is 39.3 Å². The third-order valence-electron chi connectivity index (χ3n) is 4.32. The molecule has 0 bridgehead atoms. The first kappa shape index (κ1) is 12.3. The predicted octanol–water partition coefficient (Wildman–Crippen LogP) is 3.53. The van der Waals surface area contributed by atoms with E-state index in [1.807, 2.05) is 18.7 Å². The molecule has 0 radical (unpaired) electrons. The van der Waals surface area contributed by atoms with Crippen LogP contribution in [-0.2, 0) is 6.54 Å². The van der Waals surface area contributed by atoms with Gasteiger partial charge in [0.25, 0.3) is 0 Å². The third kappa shape index (κ3) is 2.80. The normalized spacial score (nSPS) is 18.0. The van der Waals surface area contributed by atoms with Crippen molar-refractivity contribution < 1.29 is 0 Å². The highest BCUT2D eigenvalue weighted by atomic mass is 15.0. The van der Waals surface area contributed by atoms with Crippen molar-refractivity contribution in [2.75, 3.05) is 5.32 Å². The fourth-order valence-corrected chi connectivity index (χ4v) is 2.40. The maximum Gasteiger partial charge on any atom is 0.0949 e. The zero-order chi connectivity index (χ0) is 13.3. The highest BCUT2D eigenvalue weighted by molar-refractivity contribution is 5.47. The Labute approximate surface area is 114 Å². The molecule has 100 valence electrons. The van der Waals surface area contributed by atoms with Gasteiger partial charge in [-0.25, -0.2) is 4.98 Å². The van der Waals surface area contributed by atoms with Crippen molar-refractivity contribution in [1.82, 2.24) is 9.55 Å². The van der Waals surface area contributed by atoms with E-state index in [-0.39, 0.29) is 0 Å². The van der Waals surface area contributed by atoms with Gasteiger partial charge in [0.15, 0.2) is 0 Å². The molecule has 1 aromatic heterocycles. The minimum Gasteiger partial charge on any atom is -0.382 e. The van der Waals surface area contributed by atoms with Crippen LogP contribution in [0.4, 0.5) is 5.69 Å². The topological polar surface area (TPSA) is 29.9 Å². The molecule has 1 atom stereocenters. The second-order valence-corrected chi connectivity index (χ2v) is 5.96. The van der Waals surface area contributed by atoms with Crippen molar-refractivity contribution in [3.8, 4) is 0 Å². The predicted molar refractivity (Wildman–Crippen MR) is 78.2 cm³/mol. The third-order valence-corrected chi connectivity index (χ3v) is 4.32. The van der Waals surface area contributed by atoms with Crippen molar-refractivity contribution >= 4 is 5.69 Å². The Morgan fingerprint density at radius 3 is 2.95 bits per heavy atom. The summed E-state index contributed by atoms with van der Waals surface area (Å²) in [5.74, 6) is 0. The summed E-state index contributed by atoms with van der Waals surface area (Å²) in [6, 6.07) is 9.21. The van der Waals surface area contributed by atoms with Crippen LogP contribution in [0.15, 0.2) is 43.0 Å². The quantitative estimate of drug-likeness (QED) is 0.885. The largest absolute Gasteiger partial charge is 0.382 e. The zero-order valence-corrected chi connectivity index (χ0v) is 11.6. The van der Waals surface area contributed by atoms with Crippen LogP contribution in [-0.4, -0.2) is 15.6 Å². The van der Waals surface area contributed by atoms with Crippen molar-refractivity contribution in [2.24, 2.45) is 5.41 Å². The van der Waals surface area contributed by atoms with Crippen molar-refractivity contribution in [3.05, 3.63) is 48.5 Å². The summed E-state index contributed by atoms with van der Waals surface area (Å²) in [7, 11) is 0. The summed E-state index contributed by atoms with van der Waals surface area (Å²) in [5, 5.41) is 3.64. The Balaban J connectivity index is 1.69. The molecule has 0 saturated heterocycles. The molecule has 1 aromatic carbocycles. The van der Waals surface area contributed by atoms with Crippen LogP contribution in [0.2, 0.25) is 0 Å². The first-order chi connectivity index (χ1) is 9.16. The minimum absolute atomic E-state index is 0.500. The number of rotatable bonds is 5. The van der Waals surface area contributed by atoms with Crippen LogP contribution >= 0.6 is 0 Å². The Kier molecular flexibility index (Phi) is 3.05. The molecule has 1 unspecified atom stereocenters. The lowest BCUT2D eigenvalue weighted by Crippen LogP contribution is -2.24. The zero-order valence-electron chi connectivity index (χ0n) is 11.6. The molecule has 1 fully saturated rings. The van der Waals surface area contributed by atoms with E-state index in [9.17, 15) is 0 Å². The van der Waals surface area contributed by atoms with Gasteiger partial charge in [-0.15, -0.1) is 0 Å². The second-order valence-electron chi connectivity index (χ2n) is 5.96. The molecule has 1 N–H and O–H groups in total. The fourth-order valence-electron chi connectivity index (χ4n) is 2.40. The first-order valence-electron chi connectivity index (χ1n) is 6.97. The number of hydrogen-bond donors (Lipinski definition) is 1. The summed E-state index contributed by atoms with van der Waals surface area (Å²) in [4.78, 5) is 4.08. The van der Waals surface area contributed by atoms with E-state index < -0.39 is 0 Å². The molecular formula is C16H21N3. The van der Waals surface area contributed by atoms with Gasteiger partial charge in [0, 0.05) is 30.7 Å². The van der Waals surface area contributed by atoms with E-state index in [0.717, 1.165) is 6.54 Å². The molecule has 19 heavy (non-hydrogen) atoms. The van der Waals surface area contributed by atoms with Gasteiger partial charge in [-0.2, -0.15) is 0 Å². The van der Waals surface area contributed by atoms with Crippen LogP contribution in [0.25, 0.3) is 0 Å². The first-order valence-corrected chi connectivity index (χ1v) is 6.97.